The molecule has 0 saturated carbocycles. The van der Waals surface area contributed by atoms with Crippen LogP contribution in [0.2, 0.25) is 0 Å². The number of aryl methyl sites for hydroxylation is 1. The van der Waals surface area contributed by atoms with Crippen molar-refractivity contribution in [2.45, 2.75) is 13.3 Å². The van der Waals surface area contributed by atoms with Crippen LogP contribution in [0.15, 0.2) is 27.4 Å². The highest BCUT2D eigenvalue weighted by Crippen LogP contribution is 2.24. The SMILES string of the molecule is Cc1cc(O)c2c(=O)oc(CC#N)cc2c1. The van der Waals surface area contributed by atoms with Crippen molar-refractivity contribution in [3.8, 4) is 11.8 Å². The number of phenolic OH excluding ortho intramolecular Hbond substituents is 1. The number of phenols is 1. The summed E-state index contributed by atoms with van der Waals surface area (Å²) in [6, 6.07) is 6.79. The van der Waals surface area contributed by atoms with E-state index in [1.807, 2.05) is 13.0 Å². The second-order valence-electron chi connectivity index (χ2n) is 3.58. The normalized spacial score (nSPS) is 10.2. The molecule has 1 aromatic carbocycles. The molecule has 4 nitrogen and oxygen atoms in total. The van der Waals surface area contributed by atoms with Crippen molar-refractivity contribution in [2.75, 3.05) is 0 Å². The fraction of sp³-hybridized carbons (Fsp3) is 0.167. The molecule has 0 aliphatic carbocycles. The topological polar surface area (TPSA) is 74.2 Å². The van der Waals surface area contributed by atoms with E-state index in [-0.39, 0.29) is 17.6 Å². The van der Waals surface area contributed by atoms with Crippen LogP contribution in [0.25, 0.3) is 10.8 Å². The Morgan fingerprint density at radius 2 is 2.19 bits per heavy atom. The molecule has 1 N–H and O–H groups in total. The summed E-state index contributed by atoms with van der Waals surface area (Å²) in [5.41, 5.74) is 0.235. The van der Waals surface area contributed by atoms with E-state index in [0.29, 0.717) is 11.1 Å². The predicted octanol–water partition coefficient (Wildman–Crippen LogP) is 1.87. The van der Waals surface area contributed by atoms with Gasteiger partial charge in [0.2, 0.25) is 0 Å². The summed E-state index contributed by atoms with van der Waals surface area (Å²) in [4.78, 5) is 11.6. The fourth-order valence-electron chi connectivity index (χ4n) is 1.67. The molecule has 0 bridgehead atoms. The van der Waals surface area contributed by atoms with Crippen LogP contribution >= 0.6 is 0 Å². The third-order valence-corrected chi connectivity index (χ3v) is 2.29. The highest BCUT2D eigenvalue weighted by atomic mass is 16.4. The molecule has 0 radical (unpaired) electrons. The van der Waals surface area contributed by atoms with Crippen LogP contribution in [0, 0.1) is 18.3 Å². The van der Waals surface area contributed by atoms with Gasteiger partial charge in [-0.3, -0.25) is 0 Å². The van der Waals surface area contributed by atoms with E-state index in [1.54, 1.807) is 12.1 Å². The van der Waals surface area contributed by atoms with E-state index in [1.165, 1.54) is 6.07 Å². The summed E-state index contributed by atoms with van der Waals surface area (Å²) in [6.45, 7) is 1.82. The number of aromatic hydroxyl groups is 1. The molecular formula is C12H9NO3. The van der Waals surface area contributed by atoms with Crippen molar-refractivity contribution in [1.29, 1.82) is 5.26 Å². The molecule has 0 amide bonds. The molecule has 0 aliphatic heterocycles. The van der Waals surface area contributed by atoms with Gasteiger partial charge in [-0.05, 0) is 30.0 Å². The van der Waals surface area contributed by atoms with Crippen LogP contribution in [-0.2, 0) is 6.42 Å². The molecule has 2 rings (SSSR count). The molecule has 4 heteroatoms. The van der Waals surface area contributed by atoms with Crippen LogP contribution in [0.3, 0.4) is 0 Å². The second-order valence-corrected chi connectivity index (χ2v) is 3.58. The second kappa shape index (κ2) is 3.70. The van der Waals surface area contributed by atoms with Gasteiger partial charge in [0.25, 0.3) is 0 Å². The lowest BCUT2D eigenvalue weighted by atomic mass is 10.1. The van der Waals surface area contributed by atoms with Crippen LogP contribution in [-0.4, -0.2) is 5.11 Å². The lowest BCUT2D eigenvalue weighted by Crippen LogP contribution is -2.02. The number of hydrogen-bond donors (Lipinski definition) is 1. The van der Waals surface area contributed by atoms with Crippen molar-refractivity contribution in [3.63, 3.8) is 0 Å². The van der Waals surface area contributed by atoms with Gasteiger partial charge in [-0.2, -0.15) is 5.26 Å². The summed E-state index contributed by atoms with van der Waals surface area (Å²) in [5.74, 6) is 0.220. The van der Waals surface area contributed by atoms with Gasteiger partial charge in [-0.15, -0.1) is 0 Å². The maximum Gasteiger partial charge on any atom is 0.347 e. The molecule has 1 heterocycles. The smallest absolute Gasteiger partial charge is 0.347 e. The molecule has 2 aromatic rings. The van der Waals surface area contributed by atoms with Gasteiger partial charge in [0, 0.05) is 0 Å². The third-order valence-electron chi connectivity index (χ3n) is 2.29. The number of nitriles is 1. The van der Waals surface area contributed by atoms with Crippen molar-refractivity contribution in [1.82, 2.24) is 0 Å². The Hall–Kier alpha value is -2.28. The first-order valence-electron chi connectivity index (χ1n) is 4.75. The van der Waals surface area contributed by atoms with Crippen molar-refractivity contribution < 1.29 is 9.52 Å². The van der Waals surface area contributed by atoms with Crippen molar-refractivity contribution >= 4 is 10.8 Å². The lowest BCUT2D eigenvalue weighted by Gasteiger charge is -2.02. The lowest BCUT2D eigenvalue weighted by molar-refractivity contribution is 0.462. The van der Waals surface area contributed by atoms with E-state index in [0.717, 1.165) is 5.56 Å². The van der Waals surface area contributed by atoms with Crippen LogP contribution in [0.4, 0.5) is 0 Å². The molecule has 0 atom stereocenters. The minimum atomic E-state index is -0.611. The van der Waals surface area contributed by atoms with Crippen molar-refractivity contribution in [3.05, 3.63) is 39.9 Å². The van der Waals surface area contributed by atoms with Crippen molar-refractivity contribution in [2.24, 2.45) is 0 Å². The Bertz CT molecular complexity index is 650. The maximum atomic E-state index is 11.6. The van der Waals surface area contributed by atoms with Gasteiger partial charge in [0.1, 0.15) is 16.9 Å². The number of fused-ring (bicyclic) bond motifs is 1. The molecule has 0 saturated heterocycles. The van der Waals surface area contributed by atoms with Crippen LogP contribution in [0.5, 0.6) is 5.75 Å². The molecule has 0 aliphatic rings. The third kappa shape index (κ3) is 1.63. The molecule has 0 spiro atoms. The summed E-state index contributed by atoms with van der Waals surface area (Å²) in [5, 5.41) is 18.9. The van der Waals surface area contributed by atoms with Crippen LogP contribution in [0.1, 0.15) is 11.3 Å². The van der Waals surface area contributed by atoms with Gasteiger partial charge in [0.05, 0.1) is 12.5 Å². The van der Waals surface area contributed by atoms with Gasteiger partial charge < -0.3 is 9.52 Å². The van der Waals surface area contributed by atoms with E-state index < -0.39 is 5.63 Å². The highest BCUT2D eigenvalue weighted by Gasteiger charge is 2.09. The number of benzene rings is 1. The average molecular weight is 215 g/mol. The predicted molar refractivity (Wildman–Crippen MR) is 58.2 cm³/mol. The number of rotatable bonds is 1. The van der Waals surface area contributed by atoms with Crippen LogP contribution < -0.4 is 5.63 Å². The zero-order valence-electron chi connectivity index (χ0n) is 8.65. The quantitative estimate of drug-likeness (QED) is 0.788. The molecule has 1 aromatic heterocycles. The van der Waals surface area contributed by atoms with Gasteiger partial charge in [0.15, 0.2) is 0 Å². The standard InChI is InChI=1S/C12H9NO3/c1-7-4-8-6-9(2-3-13)16-12(15)11(8)10(14)5-7/h4-6,14H,2H2,1H3. The number of hydrogen-bond acceptors (Lipinski definition) is 4. The molecule has 0 unspecified atom stereocenters. The van der Waals surface area contributed by atoms with E-state index >= 15 is 0 Å². The molecule has 80 valence electrons. The zero-order chi connectivity index (χ0) is 11.7. The summed E-state index contributed by atoms with van der Waals surface area (Å²) in [7, 11) is 0. The van der Waals surface area contributed by atoms with E-state index in [4.69, 9.17) is 9.68 Å². The largest absolute Gasteiger partial charge is 0.507 e. The van der Waals surface area contributed by atoms with Gasteiger partial charge in [-0.1, -0.05) is 6.07 Å². The fourth-order valence-corrected chi connectivity index (χ4v) is 1.67. The molecule has 16 heavy (non-hydrogen) atoms. The first-order chi connectivity index (χ1) is 7.61. The van der Waals surface area contributed by atoms with Gasteiger partial charge in [-0.25, -0.2) is 4.79 Å². The van der Waals surface area contributed by atoms with E-state index in [2.05, 4.69) is 0 Å². The first-order valence-corrected chi connectivity index (χ1v) is 4.75. The summed E-state index contributed by atoms with van der Waals surface area (Å²) in [6.07, 6.45) is 0.0416. The Morgan fingerprint density at radius 3 is 2.88 bits per heavy atom. The molecule has 0 fully saturated rings. The Kier molecular flexibility index (Phi) is 2.37. The summed E-state index contributed by atoms with van der Waals surface area (Å²) < 4.78 is 4.91. The average Bonchev–Trinajstić information content (AvgIpc) is 2.15. The zero-order valence-corrected chi connectivity index (χ0v) is 8.65. The summed E-state index contributed by atoms with van der Waals surface area (Å²) >= 11 is 0. The Balaban J connectivity index is 2.83. The minimum absolute atomic E-state index is 0.0416. The highest BCUT2D eigenvalue weighted by molar-refractivity contribution is 5.87. The first kappa shape index (κ1) is 10.2. The monoisotopic (exact) mass is 215 g/mol. The maximum absolute atomic E-state index is 11.6. The van der Waals surface area contributed by atoms with E-state index in [9.17, 15) is 9.90 Å². The Morgan fingerprint density at radius 1 is 1.44 bits per heavy atom. The number of nitrogens with zero attached hydrogens (tertiary/aromatic N) is 1. The minimum Gasteiger partial charge on any atom is -0.507 e. The molecular weight excluding hydrogens is 206 g/mol. The Labute approximate surface area is 91.4 Å². The van der Waals surface area contributed by atoms with Gasteiger partial charge >= 0.3 is 5.63 Å².